The largest absolute Gasteiger partial charge is 0.377 e. The highest BCUT2D eigenvalue weighted by Gasteiger charge is 2.21. The molecule has 31 heavy (non-hydrogen) atoms. The van der Waals surface area contributed by atoms with Crippen LogP contribution < -0.4 is 0 Å². The van der Waals surface area contributed by atoms with Crippen molar-refractivity contribution < 1.29 is 4.74 Å². The average Bonchev–Trinajstić information content (AvgIpc) is 2.85. The van der Waals surface area contributed by atoms with Gasteiger partial charge in [0.25, 0.3) is 0 Å². The van der Waals surface area contributed by atoms with E-state index in [0.29, 0.717) is 0 Å². The van der Waals surface area contributed by atoms with Gasteiger partial charge in [-0.2, -0.15) is 0 Å². The maximum Gasteiger partial charge on any atom is 0.0793 e. The summed E-state index contributed by atoms with van der Waals surface area (Å²) in [4.78, 5) is 0. The van der Waals surface area contributed by atoms with Crippen LogP contribution in [0.15, 0.2) is 85.5 Å². The van der Waals surface area contributed by atoms with Crippen LogP contribution in [-0.4, -0.2) is 7.11 Å². The Balaban J connectivity index is 1.42. The predicted molar refractivity (Wildman–Crippen MR) is 132 cm³/mol. The second-order valence-electron chi connectivity index (χ2n) is 8.94. The van der Waals surface area contributed by atoms with E-state index in [4.69, 9.17) is 4.74 Å². The summed E-state index contributed by atoms with van der Waals surface area (Å²) >= 11 is 0. The minimum atomic E-state index is 0.126. The maximum absolute atomic E-state index is 5.40. The van der Waals surface area contributed by atoms with Crippen molar-refractivity contribution in [2.45, 2.75) is 51.0 Å². The molecular formula is C30H34O. The standard InChI is InChI=1S/C30H34O/c1-4-5-23-6-8-25(9-7-23)27-14-16-29(17-15-27)30-20-18-28(19-21-30)26-12-10-24(11-13-26)22(2)31-3/h4,10-23,25H,1,5-9H2,2-3H3. The van der Waals surface area contributed by atoms with E-state index in [2.05, 4.69) is 92.4 Å². The van der Waals surface area contributed by atoms with Gasteiger partial charge in [0.2, 0.25) is 0 Å². The van der Waals surface area contributed by atoms with E-state index in [0.717, 1.165) is 11.8 Å². The summed E-state index contributed by atoms with van der Waals surface area (Å²) in [6.07, 6.45) is 8.70. The number of allylic oxidation sites excluding steroid dienone is 1. The number of rotatable bonds is 7. The van der Waals surface area contributed by atoms with Crippen LogP contribution in [-0.2, 0) is 4.74 Å². The zero-order valence-corrected chi connectivity index (χ0v) is 18.9. The lowest BCUT2D eigenvalue weighted by Crippen LogP contribution is -2.12. The van der Waals surface area contributed by atoms with E-state index in [1.54, 1.807) is 7.11 Å². The van der Waals surface area contributed by atoms with Crippen molar-refractivity contribution in [3.8, 4) is 22.3 Å². The molecule has 1 aliphatic rings. The van der Waals surface area contributed by atoms with E-state index in [1.165, 1.54) is 65.5 Å². The molecule has 1 heteroatoms. The molecule has 0 aliphatic heterocycles. The fraction of sp³-hybridized carbons (Fsp3) is 0.333. The normalized spacial score (nSPS) is 19.7. The van der Waals surface area contributed by atoms with Crippen molar-refractivity contribution in [3.05, 3.63) is 96.6 Å². The first kappa shape index (κ1) is 21.6. The molecule has 0 spiro atoms. The highest BCUT2D eigenvalue weighted by molar-refractivity contribution is 5.70. The lowest BCUT2D eigenvalue weighted by atomic mass is 9.77. The molecule has 0 heterocycles. The van der Waals surface area contributed by atoms with Crippen molar-refractivity contribution in [2.24, 2.45) is 5.92 Å². The SMILES string of the molecule is C=CCC1CCC(c2ccc(-c3ccc(-c4ccc(C(C)OC)cc4)cc3)cc2)CC1. The number of benzene rings is 3. The van der Waals surface area contributed by atoms with E-state index in [-0.39, 0.29) is 6.10 Å². The van der Waals surface area contributed by atoms with Gasteiger partial charge in [0, 0.05) is 7.11 Å². The summed E-state index contributed by atoms with van der Waals surface area (Å²) in [6, 6.07) is 26.8. The molecule has 0 N–H and O–H groups in total. The zero-order chi connectivity index (χ0) is 21.6. The van der Waals surface area contributed by atoms with Crippen LogP contribution in [0.4, 0.5) is 0 Å². The highest BCUT2D eigenvalue weighted by atomic mass is 16.5. The fourth-order valence-electron chi connectivity index (χ4n) is 4.85. The van der Waals surface area contributed by atoms with Gasteiger partial charge >= 0.3 is 0 Å². The van der Waals surface area contributed by atoms with Crippen molar-refractivity contribution in [1.82, 2.24) is 0 Å². The molecular weight excluding hydrogens is 376 g/mol. The molecule has 0 saturated heterocycles. The van der Waals surface area contributed by atoms with Crippen LogP contribution in [0.5, 0.6) is 0 Å². The lowest BCUT2D eigenvalue weighted by molar-refractivity contribution is 0.119. The van der Waals surface area contributed by atoms with Crippen LogP contribution in [0.1, 0.15) is 62.2 Å². The van der Waals surface area contributed by atoms with Crippen LogP contribution in [0, 0.1) is 5.92 Å². The number of methoxy groups -OCH3 is 1. The van der Waals surface area contributed by atoms with Gasteiger partial charge in [0.15, 0.2) is 0 Å². The fourth-order valence-corrected chi connectivity index (χ4v) is 4.85. The predicted octanol–water partition coefficient (Wildman–Crippen LogP) is 8.58. The molecule has 1 saturated carbocycles. The first-order valence-corrected chi connectivity index (χ1v) is 11.6. The summed E-state index contributed by atoms with van der Waals surface area (Å²) in [5.74, 6) is 1.58. The number of hydrogen-bond acceptors (Lipinski definition) is 1. The number of ether oxygens (including phenoxy) is 1. The average molecular weight is 411 g/mol. The van der Waals surface area contributed by atoms with Crippen LogP contribution in [0.25, 0.3) is 22.3 Å². The second kappa shape index (κ2) is 10.1. The third-order valence-corrected chi connectivity index (χ3v) is 7.01. The van der Waals surface area contributed by atoms with E-state index >= 15 is 0 Å². The first-order chi connectivity index (χ1) is 15.2. The molecule has 0 bridgehead atoms. The Hall–Kier alpha value is -2.64. The van der Waals surface area contributed by atoms with Crippen LogP contribution >= 0.6 is 0 Å². The lowest BCUT2D eigenvalue weighted by Gasteiger charge is -2.28. The first-order valence-electron chi connectivity index (χ1n) is 11.6. The molecule has 3 aromatic rings. The van der Waals surface area contributed by atoms with Gasteiger partial charge in [-0.3, -0.25) is 0 Å². The number of hydrogen-bond donors (Lipinski definition) is 0. The summed E-state index contributed by atoms with van der Waals surface area (Å²) in [5, 5.41) is 0. The monoisotopic (exact) mass is 410 g/mol. The molecule has 1 unspecified atom stereocenters. The van der Waals surface area contributed by atoms with E-state index in [1.807, 2.05) is 0 Å². The maximum atomic E-state index is 5.40. The van der Waals surface area contributed by atoms with E-state index in [9.17, 15) is 0 Å². The Morgan fingerprint density at radius 3 is 1.68 bits per heavy atom. The summed E-state index contributed by atoms with van der Waals surface area (Å²) < 4.78 is 5.40. The molecule has 0 amide bonds. The van der Waals surface area contributed by atoms with Crippen molar-refractivity contribution in [1.29, 1.82) is 0 Å². The second-order valence-corrected chi connectivity index (χ2v) is 8.94. The van der Waals surface area contributed by atoms with Gasteiger partial charge in [0.1, 0.15) is 0 Å². The molecule has 1 atom stereocenters. The van der Waals surface area contributed by atoms with Crippen molar-refractivity contribution in [2.75, 3.05) is 7.11 Å². The van der Waals surface area contributed by atoms with Gasteiger partial charge in [-0.25, -0.2) is 0 Å². The van der Waals surface area contributed by atoms with Gasteiger partial charge in [-0.1, -0.05) is 78.9 Å². The minimum absolute atomic E-state index is 0.126. The quantitative estimate of drug-likeness (QED) is 0.354. The molecule has 4 rings (SSSR count). The smallest absolute Gasteiger partial charge is 0.0793 e. The zero-order valence-electron chi connectivity index (χ0n) is 18.9. The Morgan fingerprint density at radius 1 is 0.774 bits per heavy atom. The van der Waals surface area contributed by atoms with Crippen molar-refractivity contribution in [3.63, 3.8) is 0 Å². The molecule has 0 aromatic heterocycles. The molecule has 1 nitrogen and oxygen atoms in total. The van der Waals surface area contributed by atoms with E-state index < -0.39 is 0 Å². The Morgan fingerprint density at radius 2 is 1.23 bits per heavy atom. The summed E-state index contributed by atoms with van der Waals surface area (Å²) in [5.41, 5.74) is 7.75. The molecule has 1 fully saturated rings. The molecule has 160 valence electrons. The van der Waals surface area contributed by atoms with Crippen LogP contribution in [0.2, 0.25) is 0 Å². The van der Waals surface area contributed by atoms with Crippen LogP contribution in [0.3, 0.4) is 0 Å². The third kappa shape index (κ3) is 5.17. The van der Waals surface area contributed by atoms with Crippen molar-refractivity contribution >= 4 is 0 Å². The topological polar surface area (TPSA) is 9.23 Å². The Kier molecular flexibility index (Phi) is 7.04. The van der Waals surface area contributed by atoms with Gasteiger partial charge in [0.05, 0.1) is 6.10 Å². The van der Waals surface area contributed by atoms with Gasteiger partial charge < -0.3 is 4.74 Å². The molecule has 1 aliphatic carbocycles. The van der Waals surface area contributed by atoms with Gasteiger partial charge in [-0.05, 0) is 84.2 Å². The minimum Gasteiger partial charge on any atom is -0.377 e. The Bertz CT molecular complexity index is 958. The Labute approximate surface area is 187 Å². The summed E-state index contributed by atoms with van der Waals surface area (Å²) in [7, 11) is 1.75. The third-order valence-electron chi connectivity index (χ3n) is 7.01. The van der Waals surface area contributed by atoms with Gasteiger partial charge in [-0.15, -0.1) is 6.58 Å². The molecule has 0 radical (unpaired) electrons. The molecule has 3 aromatic carbocycles. The highest BCUT2D eigenvalue weighted by Crippen LogP contribution is 2.37. The summed E-state index contributed by atoms with van der Waals surface area (Å²) in [6.45, 7) is 5.97.